The monoisotopic (exact) mass is 381 g/mol. The number of hydrogen-bond donors (Lipinski definition) is 1. The van der Waals surface area contributed by atoms with E-state index < -0.39 is 0 Å². The molecule has 0 heterocycles. The molecule has 0 atom stereocenters. The van der Waals surface area contributed by atoms with Crippen LogP contribution >= 0.6 is 23.2 Å². The fraction of sp³-hybridized carbons (Fsp3) is 0.136. The maximum atomic E-state index is 9.70. The average Bonchev–Trinajstić information content (AvgIpc) is 2.61. The molecule has 3 aromatic rings. The molecule has 0 unspecified atom stereocenters. The van der Waals surface area contributed by atoms with Crippen molar-refractivity contribution >= 4 is 23.2 Å². The highest BCUT2D eigenvalue weighted by molar-refractivity contribution is 6.34. The van der Waals surface area contributed by atoms with Crippen LogP contribution in [0.15, 0.2) is 60.7 Å². The number of nitriles is 1. The summed E-state index contributed by atoms with van der Waals surface area (Å²) in [6.45, 7) is 4.12. The van der Waals surface area contributed by atoms with Gasteiger partial charge in [-0.3, -0.25) is 0 Å². The molecule has 0 aliphatic rings. The van der Waals surface area contributed by atoms with Crippen LogP contribution in [0.2, 0.25) is 10.0 Å². The van der Waals surface area contributed by atoms with E-state index in [4.69, 9.17) is 23.2 Å². The van der Waals surface area contributed by atoms with Crippen molar-refractivity contribution in [2.45, 2.75) is 19.3 Å². The first kappa shape index (κ1) is 18.3. The van der Waals surface area contributed by atoms with E-state index in [0.717, 1.165) is 16.7 Å². The summed E-state index contributed by atoms with van der Waals surface area (Å²) in [7, 11) is 0. The lowest BCUT2D eigenvalue weighted by Gasteiger charge is -2.27. The maximum absolute atomic E-state index is 9.70. The van der Waals surface area contributed by atoms with E-state index in [9.17, 15) is 10.4 Å². The van der Waals surface area contributed by atoms with E-state index in [0.29, 0.717) is 21.2 Å². The number of phenolic OH excluding ortho intramolecular Hbond substituents is 1. The molecule has 0 aliphatic heterocycles. The lowest BCUT2D eigenvalue weighted by molar-refractivity contribution is 0.474. The number of benzene rings is 3. The predicted octanol–water partition coefficient (Wildman–Crippen LogP) is 6.56. The maximum Gasteiger partial charge on any atom is 0.115 e. The molecule has 3 rings (SSSR count). The van der Waals surface area contributed by atoms with Crippen LogP contribution in [0.4, 0.5) is 0 Å². The van der Waals surface area contributed by atoms with Crippen LogP contribution in [0.25, 0.3) is 11.1 Å². The van der Waals surface area contributed by atoms with Gasteiger partial charge in [-0.05, 0) is 53.1 Å². The third kappa shape index (κ3) is 3.42. The topological polar surface area (TPSA) is 44.0 Å². The molecule has 0 radical (unpaired) electrons. The van der Waals surface area contributed by atoms with Crippen LogP contribution in [0.5, 0.6) is 5.75 Å². The van der Waals surface area contributed by atoms with E-state index in [1.807, 2.05) is 36.4 Å². The zero-order chi connectivity index (χ0) is 18.9. The predicted molar refractivity (Wildman–Crippen MR) is 107 cm³/mol. The Balaban J connectivity index is 2.15. The van der Waals surface area contributed by atoms with E-state index in [1.54, 1.807) is 24.3 Å². The zero-order valence-corrected chi connectivity index (χ0v) is 15.9. The highest BCUT2D eigenvalue weighted by Gasteiger charge is 2.25. The number of nitrogens with zero attached hydrogens (tertiary/aromatic N) is 1. The summed E-state index contributed by atoms with van der Waals surface area (Å²) < 4.78 is 0. The minimum absolute atomic E-state index is 0.219. The molecule has 0 spiro atoms. The van der Waals surface area contributed by atoms with Crippen LogP contribution in [-0.2, 0) is 5.41 Å². The summed E-state index contributed by atoms with van der Waals surface area (Å²) in [6, 6.07) is 20.4. The number of halogens is 2. The molecule has 0 aromatic heterocycles. The minimum Gasteiger partial charge on any atom is -0.508 e. The van der Waals surface area contributed by atoms with Crippen molar-refractivity contribution in [3.63, 3.8) is 0 Å². The van der Waals surface area contributed by atoms with Crippen LogP contribution in [0.3, 0.4) is 0 Å². The molecule has 0 aliphatic carbocycles. The van der Waals surface area contributed by atoms with Crippen molar-refractivity contribution in [3.05, 3.63) is 87.4 Å². The molecule has 0 bridgehead atoms. The summed E-state index contributed by atoms with van der Waals surface area (Å²) in [6.07, 6.45) is 0. The van der Waals surface area contributed by atoms with E-state index in [-0.39, 0.29) is 11.2 Å². The van der Waals surface area contributed by atoms with Gasteiger partial charge in [-0.1, -0.05) is 61.3 Å². The Morgan fingerprint density at radius 1 is 0.923 bits per heavy atom. The SMILES string of the molecule is CC(C)(c1ccc(O)cc1)c1cc(Cl)c(-c2cccc(Cl)c2)c(C#N)c1. The van der Waals surface area contributed by atoms with Crippen LogP contribution in [-0.4, -0.2) is 5.11 Å². The highest BCUT2D eigenvalue weighted by atomic mass is 35.5. The van der Waals surface area contributed by atoms with Gasteiger partial charge in [-0.2, -0.15) is 5.26 Å². The van der Waals surface area contributed by atoms with E-state index >= 15 is 0 Å². The zero-order valence-electron chi connectivity index (χ0n) is 14.4. The Hall–Kier alpha value is -2.47. The number of rotatable bonds is 3. The quantitative estimate of drug-likeness (QED) is 0.557. The summed E-state index contributed by atoms with van der Waals surface area (Å²) in [5, 5.41) is 20.3. The first-order valence-corrected chi connectivity index (χ1v) is 8.88. The van der Waals surface area contributed by atoms with Crippen molar-refractivity contribution in [1.29, 1.82) is 5.26 Å². The molecular formula is C22H17Cl2NO. The lowest BCUT2D eigenvalue weighted by atomic mass is 9.77. The molecular weight excluding hydrogens is 365 g/mol. The first-order chi connectivity index (χ1) is 12.3. The number of phenols is 1. The van der Waals surface area contributed by atoms with Gasteiger partial charge in [0.05, 0.1) is 16.7 Å². The highest BCUT2D eigenvalue weighted by Crippen LogP contribution is 2.39. The van der Waals surface area contributed by atoms with Gasteiger partial charge in [0, 0.05) is 16.0 Å². The molecule has 3 aromatic carbocycles. The van der Waals surface area contributed by atoms with Crippen LogP contribution in [0, 0.1) is 11.3 Å². The van der Waals surface area contributed by atoms with Crippen molar-refractivity contribution < 1.29 is 5.11 Å². The van der Waals surface area contributed by atoms with Crippen molar-refractivity contribution in [1.82, 2.24) is 0 Å². The summed E-state index contributed by atoms with van der Waals surface area (Å²) in [5.74, 6) is 0.219. The average molecular weight is 382 g/mol. The second-order valence-corrected chi connectivity index (χ2v) is 7.52. The summed E-state index contributed by atoms with van der Waals surface area (Å²) in [4.78, 5) is 0. The molecule has 0 saturated heterocycles. The molecule has 26 heavy (non-hydrogen) atoms. The van der Waals surface area contributed by atoms with Gasteiger partial charge in [0.2, 0.25) is 0 Å². The normalized spacial score (nSPS) is 11.2. The first-order valence-electron chi connectivity index (χ1n) is 8.12. The third-order valence-corrected chi connectivity index (χ3v) is 5.17. The Morgan fingerprint density at radius 2 is 1.62 bits per heavy atom. The molecule has 0 saturated carbocycles. The number of hydrogen-bond acceptors (Lipinski definition) is 2. The Kier molecular flexibility index (Phi) is 4.96. The second-order valence-electron chi connectivity index (χ2n) is 6.67. The lowest BCUT2D eigenvalue weighted by Crippen LogP contribution is -2.19. The van der Waals surface area contributed by atoms with Crippen LogP contribution in [0.1, 0.15) is 30.5 Å². The van der Waals surface area contributed by atoms with Gasteiger partial charge in [0.1, 0.15) is 5.75 Å². The van der Waals surface area contributed by atoms with Gasteiger partial charge in [-0.15, -0.1) is 0 Å². The van der Waals surface area contributed by atoms with Crippen molar-refractivity contribution in [2.24, 2.45) is 0 Å². The van der Waals surface area contributed by atoms with Crippen LogP contribution < -0.4 is 0 Å². The van der Waals surface area contributed by atoms with E-state index in [1.165, 1.54) is 0 Å². The Bertz CT molecular complexity index is 1000. The molecule has 0 fully saturated rings. The van der Waals surface area contributed by atoms with Gasteiger partial charge >= 0.3 is 0 Å². The van der Waals surface area contributed by atoms with Crippen molar-refractivity contribution in [3.8, 4) is 22.9 Å². The third-order valence-electron chi connectivity index (χ3n) is 4.63. The standard InChI is InChI=1S/C22H17Cl2NO/c1-22(2,16-6-8-19(26)9-7-16)17-10-15(13-25)21(20(24)12-17)14-4-3-5-18(23)11-14/h3-12,26H,1-2H3. The summed E-state index contributed by atoms with van der Waals surface area (Å²) in [5.41, 5.74) is 3.56. The molecule has 1 N–H and O–H groups in total. The smallest absolute Gasteiger partial charge is 0.115 e. The fourth-order valence-electron chi connectivity index (χ4n) is 3.04. The largest absolute Gasteiger partial charge is 0.508 e. The van der Waals surface area contributed by atoms with Gasteiger partial charge in [0.25, 0.3) is 0 Å². The van der Waals surface area contributed by atoms with Gasteiger partial charge < -0.3 is 5.11 Å². The number of aromatic hydroxyl groups is 1. The molecule has 130 valence electrons. The minimum atomic E-state index is -0.379. The summed E-state index contributed by atoms with van der Waals surface area (Å²) >= 11 is 12.7. The Morgan fingerprint density at radius 3 is 2.23 bits per heavy atom. The fourth-order valence-corrected chi connectivity index (χ4v) is 3.56. The van der Waals surface area contributed by atoms with E-state index in [2.05, 4.69) is 19.9 Å². The Labute approximate surface area is 163 Å². The second kappa shape index (κ2) is 7.03. The molecule has 2 nitrogen and oxygen atoms in total. The van der Waals surface area contributed by atoms with Crippen molar-refractivity contribution in [2.75, 3.05) is 0 Å². The molecule has 4 heteroatoms. The van der Waals surface area contributed by atoms with Gasteiger partial charge in [0.15, 0.2) is 0 Å². The van der Waals surface area contributed by atoms with Gasteiger partial charge in [-0.25, -0.2) is 0 Å². The molecule has 0 amide bonds.